The molecule has 0 saturated heterocycles. The summed E-state index contributed by atoms with van der Waals surface area (Å²) in [5.41, 5.74) is 4.50. The number of aromatic amines is 1. The van der Waals surface area contributed by atoms with Crippen LogP contribution in [0, 0.1) is 0 Å². The average Bonchev–Trinajstić information content (AvgIpc) is 3.19. The van der Waals surface area contributed by atoms with Gasteiger partial charge in [0.2, 0.25) is 0 Å². The number of para-hydroxylation sites is 1. The highest BCUT2D eigenvalue weighted by Crippen LogP contribution is 2.37. The van der Waals surface area contributed by atoms with E-state index in [0.717, 1.165) is 24.1 Å². The molecule has 0 saturated carbocycles. The summed E-state index contributed by atoms with van der Waals surface area (Å²) >= 11 is 6.49. The van der Waals surface area contributed by atoms with Crippen LogP contribution in [-0.4, -0.2) is 23.6 Å². The van der Waals surface area contributed by atoms with Crippen LogP contribution >= 0.6 is 36.4 Å². The number of halogens is 3. The van der Waals surface area contributed by atoms with Crippen molar-refractivity contribution in [2.45, 2.75) is 19.6 Å². The number of fused-ring (bicyclic) bond motifs is 1. The predicted molar refractivity (Wildman–Crippen MR) is 135 cm³/mol. The fraction of sp³-hybridized carbons (Fsp3) is 0.208. The van der Waals surface area contributed by atoms with E-state index in [1.807, 2.05) is 30.3 Å². The summed E-state index contributed by atoms with van der Waals surface area (Å²) < 4.78 is 11.4. The number of hydrogen-bond donors (Lipinski definition) is 2. The number of hydrogen-bond acceptors (Lipinski definition) is 4. The minimum atomic E-state index is 0. The first-order chi connectivity index (χ1) is 14.7. The highest BCUT2D eigenvalue weighted by molar-refractivity contribution is 6.32. The molecule has 0 aliphatic heterocycles. The molecule has 170 valence electrons. The molecule has 0 spiro atoms. The maximum Gasteiger partial charge on any atom is 0.180 e. The Bertz CT molecular complexity index is 1120. The molecule has 0 amide bonds. The molecule has 4 rings (SSSR count). The van der Waals surface area contributed by atoms with Gasteiger partial charge in [-0.05, 0) is 48.4 Å². The van der Waals surface area contributed by atoms with Crippen LogP contribution in [0.5, 0.6) is 11.5 Å². The molecule has 2 heterocycles. The van der Waals surface area contributed by atoms with E-state index in [-0.39, 0.29) is 24.8 Å². The maximum atomic E-state index is 6.49. The lowest BCUT2D eigenvalue weighted by Crippen LogP contribution is -2.16. The molecular formula is C24H26Cl3N3O2. The van der Waals surface area contributed by atoms with Gasteiger partial charge in [-0.2, -0.15) is 0 Å². The van der Waals surface area contributed by atoms with Crippen molar-refractivity contribution in [3.05, 3.63) is 88.8 Å². The number of aromatic nitrogens is 2. The number of nitrogens with one attached hydrogen (secondary N) is 2. The minimum Gasteiger partial charge on any atom is -0.493 e. The zero-order valence-electron chi connectivity index (χ0n) is 17.6. The summed E-state index contributed by atoms with van der Waals surface area (Å²) in [4.78, 5) is 7.42. The first kappa shape index (κ1) is 25.8. The van der Waals surface area contributed by atoms with Crippen molar-refractivity contribution < 1.29 is 9.47 Å². The largest absolute Gasteiger partial charge is 0.493 e. The van der Waals surface area contributed by atoms with Crippen molar-refractivity contribution in [1.82, 2.24) is 15.3 Å². The first-order valence-corrected chi connectivity index (χ1v) is 10.3. The number of H-pyrrole nitrogens is 1. The molecular weight excluding hydrogens is 469 g/mol. The third-order valence-electron chi connectivity index (χ3n) is 4.97. The Kier molecular flexibility index (Phi) is 10.1. The summed E-state index contributed by atoms with van der Waals surface area (Å²) in [6.07, 6.45) is 6.53. The van der Waals surface area contributed by atoms with Crippen molar-refractivity contribution in [3.8, 4) is 11.5 Å². The summed E-state index contributed by atoms with van der Waals surface area (Å²) in [6.45, 7) is 1.94. The zero-order valence-corrected chi connectivity index (χ0v) is 20.0. The monoisotopic (exact) mass is 493 g/mol. The van der Waals surface area contributed by atoms with E-state index < -0.39 is 0 Å². The van der Waals surface area contributed by atoms with E-state index in [9.17, 15) is 0 Å². The Balaban J connectivity index is 0.00000181. The van der Waals surface area contributed by atoms with E-state index in [1.54, 1.807) is 19.5 Å². The molecule has 32 heavy (non-hydrogen) atoms. The molecule has 2 aromatic heterocycles. The van der Waals surface area contributed by atoms with Crippen LogP contribution in [0.3, 0.4) is 0 Å². The fourth-order valence-corrected chi connectivity index (χ4v) is 3.74. The topological polar surface area (TPSA) is 59.2 Å². The SMILES string of the molecule is COc1cc(CNCCc2c[nH]c3ccccc23)cc(Cl)c1OCc1cccnc1.Cl.Cl. The van der Waals surface area contributed by atoms with Crippen LogP contribution in [0.4, 0.5) is 0 Å². The number of nitrogens with zero attached hydrogens (tertiary/aromatic N) is 1. The predicted octanol–water partition coefficient (Wildman–Crippen LogP) is 5.98. The molecule has 0 radical (unpaired) electrons. The normalized spacial score (nSPS) is 10.3. The third kappa shape index (κ3) is 6.30. The molecule has 0 aliphatic carbocycles. The van der Waals surface area contributed by atoms with E-state index >= 15 is 0 Å². The molecule has 2 N–H and O–H groups in total. The Hall–Kier alpha value is -2.44. The molecule has 4 aromatic rings. The number of ether oxygens (including phenoxy) is 2. The van der Waals surface area contributed by atoms with Crippen LogP contribution < -0.4 is 14.8 Å². The second kappa shape index (κ2) is 12.6. The molecule has 8 heteroatoms. The Morgan fingerprint density at radius 1 is 1.06 bits per heavy atom. The Morgan fingerprint density at radius 3 is 2.69 bits per heavy atom. The summed E-state index contributed by atoms with van der Waals surface area (Å²) in [5.74, 6) is 1.17. The van der Waals surface area contributed by atoms with Gasteiger partial charge in [0.05, 0.1) is 12.1 Å². The smallest absolute Gasteiger partial charge is 0.180 e. The minimum absolute atomic E-state index is 0. The number of methoxy groups -OCH3 is 1. The third-order valence-corrected chi connectivity index (χ3v) is 5.25. The van der Waals surface area contributed by atoms with Gasteiger partial charge < -0.3 is 19.8 Å². The van der Waals surface area contributed by atoms with Gasteiger partial charge in [0.1, 0.15) is 6.61 Å². The standard InChI is InChI=1S/C24H24ClN3O2.2ClH/c1-29-23-12-18(11-21(25)24(23)30-16-17-5-4-9-26-13-17)14-27-10-8-19-15-28-22-7-3-2-6-20(19)22;;/h2-7,9,11-13,15,27-28H,8,10,14,16H2,1H3;2*1H. The van der Waals surface area contributed by atoms with Gasteiger partial charge in [-0.25, -0.2) is 0 Å². The van der Waals surface area contributed by atoms with Crippen LogP contribution in [0.15, 0.2) is 67.1 Å². The van der Waals surface area contributed by atoms with Gasteiger partial charge in [-0.15, -0.1) is 24.8 Å². The van der Waals surface area contributed by atoms with Crippen molar-refractivity contribution in [3.63, 3.8) is 0 Å². The van der Waals surface area contributed by atoms with Crippen molar-refractivity contribution in [2.24, 2.45) is 0 Å². The van der Waals surface area contributed by atoms with Gasteiger partial charge in [0.15, 0.2) is 11.5 Å². The molecule has 0 aliphatic rings. The fourth-order valence-electron chi connectivity index (χ4n) is 3.45. The van der Waals surface area contributed by atoms with Gasteiger partial charge >= 0.3 is 0 Å². The van der Waals surface area contributed by atoms with Crippen molar-refractivity contribution in [1.29, 1.82) is 0 Å². The van der Waals surface area contributed by atoms with Gasteiger partial charge in [0, 0.05) is 41.6 Å². The van der Waals surface area contributed by atoms with E-state index in [4.69, 9.17) is 21.1 Å². The summed E-state index contributed by atoms with van der Waals surface area (Å²) in [6, 6.07) is 16.1. The lowest BCUT2D eigenvalue weighted by Gasteiger charge is -2.14. The molecule has 5 nitrogen and oxygen atoms in total. The Labute approximate surface area is 205 Å². The number of rotatable bonds is 9. The van der Waals surface area contributed by atoms with Gasteiger partial charge in [-0.1, -0.05) is 35.9 Å². The first-order valence-electron chi connectivity index (χ1n) is 9.88. The van der Waals surface area contributed by atoms with Crippen molar-refractivity contribution in [2.75, 3.05) is 13.7 Å². The molecule has 0 unspecified atom stereocenters. The molecule has 0 atom stereocenters. The summed E-state index contributed by atoms with van der Waals surface area (Å²) in [5, 5.41) is 5.29. The second-order valence-corrected chi connectivity index (χ2v) is 7.45. The number of pyridine rings is 1. The Morgan fingerprint density at radius 2 is 1.91 bits per heavy atom. The number of benzene rings is 2. The molecule has 2 aromatic carbocycles. The lowest BCUT2D eigenvalue weighted by molar-refractivity contribution is 0.284. The van der Waals surface area contributed by atoms with Gasteiger partial charge in [-0.3, -0.25) is 4.98 Å². The van der Waals surface area contributed by atoms with Gasteiger partial charge in [0.25, 0.3) is 0 Å². The lowest BCUT2D eigenvalue weighted by atomic mass is 10.1. The quantitative estimate of drug-likeness (QED) is 0.281. The van der Waals surface area contributed by atoms with Crippen LogP contribution in [-0.2, 0) is 19.6 Å². The van der Waals surface area contributed by atoms with Crippen LogP contribution in [0.2, 0.25) is 5.02 Å². The zero-order chi connectivity index (χ0) is 20.8. The van der Waals surface area contributed by atoms with E-state index in [0.29, 0.717) is 29.7 Å². The summed E-state index contributed by atoms with van der Waals surface area (Å²) in [7, 11) is 1.62. The van der Waals surface area contributed by atoms with Crippen LogP contribution in [0.25, 0.3) is 10.9 Å². The highest BCUT2D eigenvalue weighted by atomic mass is 35.5. The highest BCUT2D eigenvalue weighted by Gasteiger charge is 2.12. The molecule has 0 fully saturated rings. The average molecular weight is 495 g/mol. The molecule has 0 bridgehead atoms. The van der Waals surface area contributed by atoms with Crippen LogP contribution in [0.1, 0.15) is 16.7 Å². The van der Waals surface area contributed by atoms with E-state index in [2.05, 4.69) is 39.7 Å². The van der Waals surface area contributed by atoms with Crippen molar-refractivity contribution >= 4 is 47.3 Å². The second-order valence-electron chi connectivity index (χ2n) is 7.05. The van der Waals surface area contributed by atoms with E-state index in [1.165, 1.54) is 16.5 Å². The maximum absolute atomic E-state index is 6.49.